The van der Waals surface area contributed by atoms with E-state index in [-0.39, 0.29) is 16.8 Å². The van der Waals surface area contributed by atoms with Gasteiger partial charge in [0.05, 0.1) is 13.2 Å². The van der Waals surface area contributed by atoms with E-state index in [1.165, 1.54) is 16.6 Å². The van der Waals surface area contributed by atoms with Gasteiger partial charge in [-0.25, -0.2) is 13.4 Å². The van der Waals surface area contributed by atoms with Gasteiger partial charge in [-0.05, 0) is 18.6 Å². The molecule has 0 aliphatic carbocycles. The summed E-state index contributed by atoms with van der Waals surface area (Å²) in [5.74, 6) is 0.0406. The molecule has 1 aliphatic rings. The van der Waals surface area contributed by atoms with Gasteiger partial charge in [0.2, 0.25) is 10.0 Å². The van der Waals surface area contributed by atoms with Gasteiger partial charge in [-0.15, -0.1) is 0 Å². The molecule has 100 valence electrons. The number of nitrogens with two attached hydrogens (primary N) is 1. The third-order valence-electron chi connectivity index (χ3n) is 3.03. The summed E-state index contributed by atoms with van der Waals surface area (Å²) in [4.78, 5) is 3.91. The van der Waals surface area contributed by atoms with E-state index in [0.717, 1.165) is 0 Å². The second-order valence-corrected chi connectivity index (χ2v) is 6.00. The number of ether oxygens (including phenoxy) is 1. The maximum absolute atomic E-state index is 12.5. The number of hydrogen-bond acceptors (Lipinski definition) is 5. The summed E-state index contributed by atoms with van der Waals surface area (Å²) in [5.41, 5.74) is 5.65. The molecule has 1 aromatic heterocycles. The Balaban J connectivity index is 2.39. The van der Waals surface area contributed by atoms with Crippen LogP contribution in [0.3, 0.4) is 0 Å². The molecule has 0 amide bonds. The van der Waals surface area contributed by atoms with Crippen LogP contribution in [0.15, 0.2) is 23.2 Å². The normalized spacial score (nSPS) is 21.9. The van der Waals surface area contributed by atoms with Crippen LogP contribution in [-0.4, -0.2) is 43.5 Å². The summed E-state index contributed by atoms with van der Waals surface area (Å²) in [5, 5.41) is 0. The predicted octanol–water partition coefficient (Wildman–Crippen LogP) is 0.463. The fourth-order valence-electron chi connectivity index (χ4n) is 2.02. The fraction of sp³-hybridized carbons (Fsp3) is 0.545. The van der Waals surface area contributed by atoms with Crippen LogP contribution >= 0.6 is 0 Å². The van der Waals surface area contributed by atoms with Crippen LogP contribution in [0, 0.1) is 0 Å². The van der Waals surface area contributed by atoms with Crippen LogP contribution in [0.25, 0.3) is 0 Å². The zero-order valence-electron chi connectivity index (χ0n) is 10.2. The molecule has 6 nitrogen and oxygen atoms in total. The van der Waals surface area contributed by atoms with Crippen molar-refractivity contribution in [3.05, 3.63) is 18.3 Å². The molecular weight excluding hydrogens is 254 g/mol. The highest BCUT2D eigenvalue weighted by Crippen LogP contribution is 2.24. The Bertz CT molecular complexity index is 518. The molecule has 18 heavy (non-hydrogen) atoms. The highest BCUT2D eigenvalue weighted by atomic mass is 32.2. The third-order valence-corrected chi connectivity index (χ3v) is 5.03. The maximum atomic E-state index is 12.5. The summed E-state index contributed by atoms with van der Waals surface area (Å²) < 4.78 is 31.8. The van der Waals surface area contributed by atoms with Crippen molar-refractivity contribution in [3.63, 3.8) is 0 Å². The molecule has 7 heteroatoms. The molecule has 1 atom stereocenters. The molecular formula is C11H17N3O3S. The van der Waals surface area contributed by atoms with Crippen LogP contribution in [0.2, 0.25) is 0 Å². The van der Waals surface area contributed by atoms with Gasteiger partial charge in [0.1, 0.15) is 10.7 Å². The Hall–Kier alpha value is -1.18. The Morgan fingerprint density at radius 2 is 2.39 bits per heavy atom. The molecule has 0 spiro atoms. The lowest BCUT2D eigenvalue weighted by Gasteiger charge is -2.34. The monoisotopic (exact) mass is 271 g/mol. The lowest BCUT2D eigenvalue weighted by Crippen LogP contribution is -2.48. The average molecular weight is 271 g/mol. The second kappa shape index (κ2) is 5.21. The van der Waals surface area contributed by atoms with Gasteiger partial charge in [0, 0.05) is 18.8 Å². The highest BCUT2D eigenvalue weighted by molar-refractivity contribution is 7.89. The topological polar surface area (TPSA) is 85.5 Å². The number of hydrogen-bond donors (Lipinski definition) is 1. The van der Waals surface area contributed by atoms with Crippen molar-refractivity contribution < 1.29 is 13.2 Å². The molecule has 2 heterocycles. The van der Waals surface area contributed by atoms with E-state index in [0.29, 0.717) is 26.2 Å². The Morgan fingerprint density at radius 1 is 1.61 bits per heavy atom. The number of sulfonamides is 1. The Kier molecular flexibility index (Phi) is 3.84. The number of nitrogen functional groups attached to an aromatic ring is 1. The van der Waals surface area contributed by atoms with E-state index in [2.05, 4.69) is 4.98 Å². The van der Waals surface area contributed by atoms with Crippen molar-refractivity contribution in [1.82, 2.24) is 9.29 Å². The lowest BCUT2D eigenvalue weighted by molar-refractivity contribution is 0.0314. The SMILES string of the molecule is CCC1COCCN1S(=O)(=O)c1cccnc1N. The fourth-order valence-corrected chi connectivity index (χ4v) is 3.76. The van der Waals surface area contributed by atoms with Crippen LogP contribution in [0.4, 0.5) is 5.82 Å². The Morgan fingerprint density at radius 3 is 3.06 bits per heavy atom. The quantitative estimate of drug-likeness (QED) is 0.863. The average Bonchev–Trinajstić information content (AvgIpc) is 2.39. The predicted molar refractivity (Wildman–Crippen MR) is 67.4 cm³/mol. The van der Waals surface area contributed by atoms with Gasteiger partial charge in [0.15, 0.2) is 0 Å². The first-order valence-electron chi connectivity index (χ1n) is 5.87. The van der Waals surface area contributed by atoms with Crippen LogP contribution in [-0.2, 0) is 14.8 Å². The van der Waals surface area contributed by atoms with Crippen molar-refractivity contribution in [1.29, 1.82) is 0 Å². The molecule has 0 radical (unpaired) electrons. The van der Waals surface area contributed by atoms with Gasteiger partial charge in [0.25, 0.3) is 0 Å². The summed E-state index contributed by atoms with van der Waals surface area (Å²) >= 11 is 0. The van der Waals surface area contributed by atoms with Crippen molar-refractivity contribution in [3.8, 4) is 0 Å². The lowest BCUT2D eigenvalue weighted by atomic mass is 10.2. The van der Waals surface area contributed by atoms with E-state index in [1.807, 2.05) is 6.92 Å². The van der Waals surface area contributed by atoms with Gasteiger partial charge in [-0.1, -0.05) is 6.92 Å². The van der Waals surface area contributed by atoms with E-state index in [1.54, 1.807) is 6.07 Å². The van der Waals surface area contributed by atoms with E-state index < -0.39 is 10.0 Å². The van der Waals surface area contributed by atoms with Crippen LogP contribution in [0.5, 0.6) is 0 Å². The summed E-state index contributed by atoms with van der Waals surface area (Å²) in [6, 6.07) is 2.92. The van der Waals surface area contributed by atoms with Gasteiger partial charge in [-0.2, -0.15) is 4.31 Å². The third kappa shape index (κ3) is 2.33. The van der Waals surface area contributed by atoms with Gasteiger partial charge in [-0.3, -0.25) is 0 Å². The maximum Gasteiger partial charge on any atom is 0.247 e. The van der Waals surface area contributed by atoms with E-state index in [9.17, 15) is 8.42 Å². The van der Waals surface area contributed by atoms with Crippen molar-refractivity contribution in [2.24, 2.45) is 0 Å². The highest BCUT2D eigenvalue weighted by Gasteiger charge is 2.34. The van der Waals surface area contributed by atoms with Crippen LogP contribution in [0.1, 0.15) is 13.3 Å². The van der Waals surface area contributed by atoms with Crippen LogP contribution < -0.4 is 5.73 Å². The molecule has 2 N–H and O–H groups in total. The smallest absolute Gasteiger partial charge is 0.247 e. The number of nitrogens with zero attached hydrogens (tertiary/aromatic N) is 2. The van der Waals surface area contributed by atoms with Crippen molar-refractivity contribution >= 4 is 15.8 Å². The standard InChI is InChI=1S/C11H17N3O3S/c1-2-9-8-17-7-6-14(9)18(15,16)10-4-3-5-13-11(10)12/h3-5,9H,2,6-8H2,1H3,(H2,12,13). The largest absolute Gasteiger partial charge is 0.383 e. The minimum Gasteiger partial charge on any atom is -0.383 e. The summed E-state index contributed by atoms with van der Waals surface area (Å²) in [6.07, 6.45) is 2.18. The van der Waals surface area contributed by atoms with Crippen molar-refractivity contribution in [2.75, 3.05) is 25.5 Å². The second-order valence-electron chi connectivity index (χ2n) is 4.14. The minimum absolute atomic E-state index is 0.0406. The summed E-state index contributed by atoms with van der Waals surface area (Å²) in [7, 11) is -3.59. The molecule has 0 bridgehead atoms. The van der Waals surface area contributed by atoms with E-state index in [4.69, 9.17) is 10.5 Å². The number of morpholine rings is 1. The number of anilines is 1. The first-order valence-corrected chi connectivity index (χ1v) is 7.31. The number of pyridine rings is 1. The molecule has 0 aromatic carbocycles. The molecule has 1 unspecified atom stereocenters. The number of aromatic nitrogens is 1. The first-order chi connectivity index (χ1) is 8.57. The van der Waals surface area contributed by atoms with E-state index >= 15 is 0 Å². The molecule has 1 fully saturated rings. The molecule has 0 saturated carbocycles. The Labute approximate surface area is 107 Å². The zero-order chi connectivity index (χ0) is 13.2. The van der Waals surface area contributed by atoms with Gasteiger partial charge >= 0.3 is 0 Å². The zero-order valence-corrected chi connectivity index (χ0v) is 11.1. The first kappa shape index (κ1) is 13.3. The van der Waals surface area contributed by atoms with Gasteiger partial charge < -0.3 is 10.5 Å². The molecule has 1 aliphatic heterocycles. The molecule has 1 aromatic rings. The molecule has 1 saturated heterocycles. The molecule has 2 rings (SSSR count). The van der Waals surface area contributed by atoms with Crippen molar-refractivity contribution in [2.45, 2.75) is 24.3 Å². The summed E-state index contributed by atoms with van der Waals surface area (Å²) in [6.45, 7) is 3.13. The minimum atomic E-state index is -3.59. The number of rotatable bonds is 3.